The summed E-state index contributed by atoms with van der Waals surface area (Å²) in [4.78, 5) is 28.7. The number of hydrogen-bond acceptors (Lipinski definition) is 8. The highest BCUT2D eigenvalue weighted by atomic mass is 32.2. The predicted octanol–water partition coefficient (Wildman–Crippen LogP) is 1.11. The van der Waals surface area contributed by atoms with Crippen LogP contribution in [0, 0.1) is 6.92 Å². The van der Waals surface area contributed by atoms with E-state index in [9.17, 15) is 18.0 Å². The Hall–Kier alpha value is -2.63. The maximum Gasteiger partial charge on any atom is 0.338 e. The van der Waals surface area contributed by atoms with Gasteiger partial charge in [0.25, 0.3) is 5.56 Å². The second-order valence-electron chi connectivity index (χ2n) is 5.53. The smallest absolute Gasteiger partial charge is 0.338 e. The SMILES string of the molecule is CCNS(=O)(=O)c1cccc(C(=O)OCc2nn3c(=O)cc(C)nc3s2)c1. The van der Waals surface area contributed by atoms with Gasteiger partial charge in [-0.15, -0.1) is 0 Å². The molecule has 27 heavy (non-hydrogen) atoms. The fourth-order valence-corrected chi connectivity index (χ4v) is 4.24. The minimum Gasteiger partial charge on any atom is -0.455 e. The number of aromatic nitrogens is 3. The third-order valence-electron chi connectivity index (χ3n) is 3.46. The first-order valence-corrected chi connectivity index (χ1v) is 10.2. The molecule has 3 rings (SSSR count). The third-order valence-corrected chi connectivity index (χ3v) is 5.88. The average Bonchev–Trinajstić information content (AvgIpc) is 3.03. The number of nitrogens with zero attached hydrogens (tertiary/aromatic N) is 3. The van der Waals surface area contributed by atoms with Gasteiger partial charge in [-0.05, 0) is 25.1 Å². The summed E-state index contributed by atoms with van der Waals surface area (Å²) in [6, 6.07) is 6.92. The van der Waals surface area contributed by atoms with E-state index in [1.165, 1.54) is 30.3 Å². The van der Waals surface area contributed by atoms with Gasteiger partial charge >= 0.3 is 5.97 Å². The summed E-state index contributed by atoms with van der Waals surface area (Å²) < 4.78 is 32.8. The zero-order chi connectivity index (χ0) is 19.6. The molecule has 0 fully saturated rings. The second-order valence-corrected chi connectivity index (χ2v) is 8.34. The number of ether oxygens (including phenoxy) is 1. The van der Waals surface area contributed by atoms with Crippen molar-refractivity contribution in [1.82, 2.24) is 19.3 Å². The van der Waals surface area contributed by atoms with Gasteiger partial charge in [0.15, 0.2) is 5.01 Å². The number of benzene rings is 1. The summed E-state index contributed by atoms with van der Waals surface area (Å²) in [5.74, 6) is -0.695. The van der Waals surface area contributed by atoms with Crippen molar-refractivity contribution in [3.05, 3.63) is 57.0 Å². The molecule has 3 aromatic rings. The molecule has 0 saturated heterocycles. The molecule has 0 aliphatic carbocycles. The van der Waals surface area contributed by atoms with Crippen molar-refractivity contribution in [3.8, 4) is 0 Å². The molecule has 2 aromatic heterocycles. The lowest BCUT2D eigenvalue weighted by atomic mass is 10.2. The standard InChI is InChI=1S/C16H16N4O5S2/c1-3-17-27(23,24)12-6-4-5-11(8-12)15(22)25-9-13-19-20-14(21)7-10(2)18-16(20)26-13/h4-8,17H,3,9H2,1-2H3. The van der Waals surface area contributed by atoms with Crippen LogP contribution in [0.3, 0.4) is 0 Å². The molecule has 0 saturated carbocycles. The number of nitrogens with one attached hydrogen (secondary N) is 1. The van der Waals surface area contributed by atoms with Crippen LogP contribution in [0.2, 0.25) is 0 Å². The number of aryl methyl sites for hydroxylation is 1. The summed E-state index contributed by atoms with van der Waals surface area (Å²) in [5, 5.41) is 4.48. The Morgan fingerprint density at radius 2 is 2.11 bits per heavy atom. The van der Waals surface area contributed by atoms with E-state index < -0.39 is 16.0 Å². The zero-order valence-corrected chi connectivity index (χ0v) is 16.1. The van der Waals surface area contributed by atoms with Crippen LogP contribution < -0.4 is 10.3 Å². The molecule has 0 unspecified atom stereocenters. The fourth-order valence-electron chi connectivity index (χ4n) is 2.29. The number of rotatable bonds is 6. The van der Waals surface area contributed by atoms with Crippen LogP contribution >= 0.6 is 11.3 Å². The lowest BCUT2D eigenvalue weighted by Gasteiger charge is -2.07. The maximum atomic E-state index is 12.2. The van der Waals surface area contributed by atoms with Gasteiger partial charge in [0.05, 0.1) is 10.5 Å². The second kappa shape index (κ2) is 7.55. The Morgan fingerprint density at radius 1 is 1.33 bits per heavy atom. The number of hydrogen-bond donors (Lipinski definition) is 1. The number of carbonyl (C=O) groups excluding carboxylic acids is 1. The Kier molecular flexibility index (Phi) is 5.35. The number of esters is 1. The molecule has 0 bridgehead atoms. The predicted molar refractivity (Wildman–Crippen MR) is 98.3 cm³/mol. The molecule has 1 N–H and O–H groups in total. The Labute approximate surface area is 158 Å². The molecule has 11 heteroatoms. The molecule has 1 aromatic carbocycles. The van der Waals surface area contributed by atoms with Crippen molar-refractivity contribution in [2.24, 2.45) is 0 Å². The maximum absolute atomic E-state index is 12.2. The highest BCUT2D eigenvalue weighted by Crippen LogP contribution is 2.15. The first-order chi connectivity index (χ1) is 12.8. The van der Waals surface area contributed by atoms with Crippen molar-refractivity contribution >= 4 is 32.3 Å². The summed E-state index contributed by atoms with van der Waals surface area (Å²) in [6.07, 6.45) is 0. The van der Waals surface area contributed by atoms with Gasteiger partial charge in [-0.25, -0.2) is 22.9 Å². The summed E-state index contributed by atoms with van der Waals surface area (Å²) in [6.45, 7) is 3.45. The lowest BCUT2D eigenvalue weighted by Crippen LogP contribution is -2.23. The summed E-state index contributed by atoms with van der Waals surface area (Å²) in [7, 11) is -3.67. The van der Waals surface area contributed by atoms with E-state index in [4.69, 9.17) is 4.74 Å². The monoisotopic (exact) mass is 408 g/mol. The van der Waals surface area contributed by atoms with Crippen LogP contribution in [-0.4, -0.2) is 35.5 Å². The topological polar surface area (TPSA) is 120 Å². The van der Waals surface area contributed by atoms with Gasteiger partial charge in [-0.3, -0.25) is 4.79 Å². The largest absolute Gasteiger partial charge is 0.455 e. The lowest BCUT2D eigenvalue weighted by molar-refractivity contribution is 0.0471. The van der Waals surface area contributed by atoms with Crippen molar-refractivity contribution in [2.75, 3.05) is 6.54 Å². The van der Waals surface area contributed by atoms with Crippen LogP contribution in [0.5, 0.6) is 0 Å². The van der Waals surface area contributed by atoms with E-state index >= 15 is 0 Å². The molecule has 0 spiro atoms. The molecular formula is C16H16N4O5S2. The number of sulfonamides is 1. The van der Waals surface area contributed by atoms with Crippen LogP contribution in [0.25, 0.3) is 4.96 Å². The van der Waals surface area contributed by atoms with E-state index in [0.29, 0.717) is 15.7 Å². The van der Waals surface area contributed by atoms with Crippen LogP contribution in [-0.2, 0) is 21.4 Å². The molecule has 2 heterocycles. The first-order valence-electron chi connectivity index (χ1n) is 7.93. The highest BCUT2D eigenvalue weighted by Gasteiger charge is 2.17. The van der Waals surface area contributed by atoms with Gasteiger partial charge < -0.3 is 4.74 Å². The normalized spacial score (nSPS) is 11.6. The Morgan fingerprint density at radius 3 is 2.85 bits per heavy atom. The van der Waals surface area contributed by atoms with E-state index in [2.05, 4.69) is 14.8 Å². The van der Waals surface area contributed by atoms with E-state index in [1.807, 2.05) is 0 Å². The molecule has 0 atom stereocenters. The van der Waals surface area contributed by atoms with E-state index in [0.717, 1.165) is 15.9 Å². The van der Waals surface area contributed by atoms with Gasteiger partial charge in [0, 0.05) is 18.3 Å². The van der Waals surface area contributed by atoms with Crippen LogP contribution in [0.15, 0.2) is 40.0 Å². The van der Waals surface area contributed by atoms with Crippen molar-refractivity contribution in [3.63, 3.8) is 0 Å². The van der Waals surface area contributed by atoms with Gasteiger partial charge in [-0.2, -0.15) is 9.61 Å². The number of carbonyl (C=O) groups is 1. The molecule has 0 radical (unpaired) electrons. The van der Waals surface area contributed by atoms with Crippen molar-refractivity contribution < 1.29 is 17.9 Å². The molecular weight excluding hydrogens is 392 g/mol. The first kappa shape index (κ1) is 19.1. The minimum atomic E-state index is -3.67. The Balaban J connectivity index is 1.77. The van der Waals surface area contributed by atoms with E-state index in [-0.39, 0.29) is 29.2 Å². The van der Waals surface area contributed by atoms with Gasteiger partial charge in [0.2, 0.25) is 15.0 Å². The number of fused-ring (bicyclic) bond motifs is 1. The highest BCUT2D eigenvalue weighted by molar-refractivity contribution is 7.89. The minimum absolute atomic E-state index is 0.0231. The van der Waals surface area contributed by atoms with Crippen LogP contribution in [0.4, 0.5) is 0 Å². The molecule has 9 nitrogen and oxygen atoms in total. The van der Waals surface area contributed by atoms with Crippen LogP contribution in [0.1, 0.15) is 28.0 Å². The summed E-state index contributed by atoms with van der Waals surface area (Å²) in [5.41, 5.74) is 0.361. The fraction of sp³-hybridized carbons (Fsp3) is 0.250. The molecule has 142 valence electrons. The molecule has 0 aliphatic heterocycles. The van der Waals surface area contributed by atoms with Gasteiger partial charge in [-0.1, -0.05) is 24.3 Å². The molecule has 0 aliphatic rings. The zero-order valence-electron chi connectivity index (χ0n) is 14.5. The average molecular weight is 408 g/mol. The van der Waals surface area contributed by atoms with Crippen molar-refractivity contribution in [1.29, 1.82) is 0 Å². The third kappa shape index (κ3) is 4.21. The van der Waals surface area contributed by atoms with Gasteiger partial charge in [0.1, 0.15) is 6.61 Å². The van der Waals surface area contributed by atoms with Crippen molar-refractivity contribution in [2.45, 2.75) is 25.3 Å². The molecule has 0 amide bonds. The quantitative estimate of drug-likeness (QED) is 0.607. The Bertz CT molecular complexity index is 1170. The van der Waals surface area contributed by atoms with E-state index in [1.54, 1.807) is 13.8 Å². The summed E-state index contributed by atoms with van der Waals surface area (Å²) >= 11 is 1.13.